The highest BCUT2D eigenvalue weighted by Gasteiger charge is 2.19. The number of aryl methyl sites for hydroxylation is 2. The molecule has 0 unspecified atom stereocenters. The van der Waals surface area contributed by atoms with Crippen LogP contribution < -0.4 is 11.2 Å². The molecule has 0 aromatic carbocycles. The molecule has 0 saturated heterocycles. The third-order valence-electron chi connectivity index (χ3n) is 4.50. The fourth-order valence-electron chi connectivity index (χ4n) is 2.96. The maximum Gasteiger partial charge on any atom is 0.358 e. The molecule has 0 aliphatic heterocycles. The Hall–Kier alpha value is -3.47. The normalized spacial score (nSPS) is 11.3. The summed E-state index contributed by atoms with van der Waals surface area (Å²) in [6, 6.07) is 3.52. The van der Waals surface area contributed by atoms with E-state index < -0.39 is 17.2 Å². The van der Waals surface area contributed by atoms with Crippen LogP contribution in [0, 0.1) is 6.92 Å². The lowest BCUT2D eigenvalue weighted by Gasteiger charge is -2.07. The van der Waals surface area contributed by atoms with Crippen LogP contribution in [0.2, 0.25) is 0 Å². The number of esters is 1. The third kappa shape index (κ3) is 3.18. The summed E-state index contributed by atoms with van der Waals surface area (Å²) in [5, 5.41) is 0.601. The van der Waals surface area contributed by atoms with Crippen LogP contribution in [0.15, 0.2) is 38.7 Å². The molecule has 4 heterocycles. The van der Waals surface area contributed by atoms with Gasteiger partial charge in [-0.3, -0.25) is 13.9 Å². The monoisotopic (exact) mass is 415 g/mol. The standard InChI is InChI=1S/C18H17N5O5S/c1-10-12(20-15(29-10)11-5-4-7-27-11)17(25)28-8-6-23-9-19-14-13(23)16(24)22(3)18(26)21(14)2/h4-5,7,9H,6,8H2,1-3H3. The van der Waals surface area contributed by atoms with Crippen molar-refractivity contribution in [3.63, 3.8) is 0 Å². The lowest BCUT2D eigenvalue weighted by Crippen LogP contribution is -2.37. The smallest absolute Gasteiger partial charge is 0.358 e. The van der Waals surface area contributed by atoms with E-state index >= 15 is 0 Å². The van der Waals surface area contributed by atoms with Crippen LogP contribution in [-0.2, 0) is 25.4 Å². The molecule has 11 heteroatoms. The van der Waals surface area contributed by atoms with Crippen molar-refractivity contribution in [3.8, 4) is 10.8 Å². The Balaban J connectivity index is 1.51. The molecule has 0 spiro atoms. The molecule has 29 heavy (non-hydrogen) atoms. The lowest BCUT2D eigenvalue weighted by atomic mass is 10.4. The minimum Gasteiger partial charge on any atom is -0.462 e. The topological polar surface area (TPSA) is 114 Å². The third-order valence-corrected chi connectivity index (χ3v) is 5.49. The minimum atomic E-state index is -0.554. The number of aromatic nitrogens is 5. The maximum atomic E-state index is 12.4. The zero-order valence-corrected chi connectivity index (χ0v) is 16.7. The maximum absolute atomic E-state index is 12.4. The SMILES string of the molecule is Cc1sc(-c2ccco2)nc1C(=O)OCCn1cnc2c1c(=O)n(C)c(=O)n2C. The Morgan fingerprint density at radius 2 is 2.07 bits per heavy atom. The van der Waals surface area contributed by atoms with E-state index in [1.165, 1.54) is 29.3 Å². The van der Waals surface area contributed by atoms with E-state index in [-0.39, 0.29) is 30.0 Å². The van der Waals surface area contributed by atoms with Gasteiger partial charge in [-0.2, -0.15) is 0 Å². The van der Waals surface area contributed by atoms with Crippen molar-refractivity contribution >= 4 is 28.5 Å². The van der Waals surface area contributed by atoms with Crippen LogP contribution in [0.25, 0.3) is 21.9 Å². The van der Waals surface area contributed by atoms with Gasteiger partial charge in [0.15, 0.2) is 27.6 Å². The van der Waals surface area contributed by atoms with Gasteiger partial charge in [0.1, 0.15) is 6.61 Å². The van der Waals surface area contributed by atoms with Crippen molar-refractivity contribution in [2.75, 3.05) is 6.61 Å². The van der Waals surface area contributed by atoms with E-state index in [1.54, 1.807) is 36.9 Å². The number of furan rings is 1. The van der Waals surface area contributed by atoms with Crippen molar-refractivity contribution in [2.24, 2.45) is 14.1 Å². The number of carbonyl (C=O) groups excluding carboxylic acids is 1. The van der Waals surface area contributed by atoms with E-state index in [1.807, 2.05) is 0 Å². The Labute approximate surface area is 167 Å². The van der Waals surface area contributed by atoms with Gasteiger partial charge in [-0.1, -0.05) is 0 Å². The van der Waals surface area contributed by atoms with E-state index in [9.17, 15) is 14.4 Å². The molecular formula is C18H17N5O5S. The van der Waals surface area contributed by atoms with Gasteiger partial charge in [-0.05, 0) is 19.1 Å². The van der Waals surface area contributed by atoms with Gasteiger partial charge < -0.3 is 13.7 Å². The average Bonchev–Trinajstić information content (AvgIpc) is 3.44. The zero-order chi connectivity index (χ0) is 20.7. The van der Waals surface area contributed by atoms with Gasteiger partial charge in [0.2, 0.25) is 0 Å². The first kappa shape index (κ1) is 18.9. The Bertz CT molecular complexity index is 1330. The first-order valence-corrected chi connectivity index (χ1v) is 9.49. The predicted molar refractivity (Wildman–Crippen MR) is 105 cm³/mol. The molecule has 0 N–H and O–H groups in total. The largest absolute Gasteiger partial charge is 0.462 e. The lowest BCUT2D eigenvalue weighted by molar-refractivity contribution is 0.0485. The summed E-state index contributed by atoms with van der Waals surface area (Å²) >= 11 is 1.34. The summed E-state index contributed by atoms with van der Waals surface area (Å²) in [5.74, 6) is 0.0322. The first-order chi connectivity index (χ1) is 13.9. The molecule has 0 bridgehead atoms. The number of rotatable bonds is 5. The fraction of sp³-hybridized carbons (Fsp3) is 0.278. The quantitative estimate of drug-likeness (QED) is 0.452. The van der Waals surface area contributed by atoms with Crippen molar-refractivity contribution in [1.82, 2.24) is 23.7 Å². The van der Waals surface area contributed by atoms with Gasteiger partial charge in [0, 0.05) is 19.0 Å². The zero-order valence-electron chi connectivity index (χ0n) is 15.9. The summed E-state index contributed by atoms with van der Waals surface area (Å²) in [5.41, 5.74) is -0.121. The van der Waals surface area contributed by atoms with E-state index in [0.717, 1.165) is 9.44 Å². The predicted octanol–water partition coefficient (Wildman–Crippen LogP) is 1.32. The van der Waals surface area contributed by atoms with Gasteiger partial charge >= 0.3 is 11.7 Å². The number of hydrogen-bond acceptors (Lipinski definition) is 8. The molecule has 4 rings (SSSR count). The summed E-state index contributed by atoms with van der Waals surface area (Å²) in [4.78, 5) is 46.0. The molecule has 4 aromatic rings. The van der Waals surface area contributed by atoms with E-state index in [2.05, 4.69) is 9.97 Å². The second-order valence-corrected chi connectivity index (χ2v) is 7.56. The van der Waals surface area contributed by atoms with Gasteiger partial charge in [0.05, 0.1) is 19.1 Å². The van der Waals surface area contributed by atoms with Crippen molar-refractivity contribution in [2.45, 2.75) is 13.5 Å². The molecule has 0 fully saturated rings. The summed E-state index contributed by atoms with van der Waals surface area (Å²) < 4.78 is 14.5. The Morgan fingerprint density at radius 1 is 1.28 bits per heavy atom. The highest BCUT2D eigenvalue weighted by molar-refractivity contribution is 7.15. The van der Waals surface area contributed by atoms with Gasteiger partial charge in [-0.25, -0.2) is 19.6 Å². The Kier molecular flexibility index (Phi) is 4.66. The molecule has 0 aliphatic rings. The van der Waals surface area contributed by atoms with Crippen molar-refractivity contribution < 1.29 is 13.9 Å². The molecule has 0 atom stereocenters. The highest BCUT2D eigenvalue weighted by atomic mass is 32.1. The molecule has 10 nitrogen and oxygen atoms in total. The van der Waals surface area contributed by atoms with Crippen LogP contribution in [0.4, 0.5) is 0 Å². The first-order valence-electron chi connectivity index (χ1n) is 8.67. The van der Waals surface area contributed by atoms with Crippen molar-refractivity contribution in [1.29, 1.82) is 0 Å². The van der Waals surface area contributed by atoms with Crippen LogP contribution in [0.5, 0.6) is 0 Å². The number of imidazole rings is 1. The highest BCUT2D eigenvalue weighted by Crippen LogP contribution is 2.28. The number of thiazole rings is 1. The molecule has 0 saturated carbocycles. The average molecular weight is 415 g/mol. The fourth-order valence-corrected chi connectivity index (χ4v) is 3.83. The van der Waals surface area contributed by atoms with Gasteiger partial charge in [-0.15, -0.1) is 11.3 Å². The van der Waals surface area contributed by atoms with E-state index in [4.69, 9.17) is 9.15 Å². The summed E-state index contributed by atoms with van der Waals surface area (Å²) in [6.45, 7) is 2.02. The van der Waals surface area contributed by atoms with Crippen LogP contribution in [0.3, 0.4) is 0 Å². The molecule has 0 amide bonds. The summed E-state index contributed by atoms with van der Waals surface area (Å²) in [6.07, 6.45) is 2.99. The number of fused-ring (bicyclic) bond motifs is 1. The molecule has 4 aromatic heterocycles. The van der Waals surface area contributed by atoms with Crippen LogP contribution >= 0.6 is 11.3 Å². The second kappa shape index (κ2) is 7.17. The van der Waals surface area contributed by atoms with Crippen molar-refractivity contribution in [3.05, 3.63) is 56.1 Å². The van der Waals surface area contributed by atoms with E-state index in [0.29, 0.717) is 10.8 Å². The Morgan fingerprint density at radius 3 is 2.79 bits per heavy atom. The molecule has 0 aliphatic carbocycles. The summed E-state index contributed by atoms with van der Waals surface area (Å²) in [7, 11) is 2.95. The molecular weight excluding hydrogens is 398 g/mol. The molecule has 150 valence electrons. The second-order valence-electron chi connectivity index (χ2n) is 6.35. The molecule has 0 radical (unpaired) electrons. The van der Waals surface area contributed by atoms with Crippen LogP contribution in [-0.4, -0.2) is 36.2 Å². The number of nitrogens with zero attached hydrogens (tertiary/aromatic N) is 5. The van der Waals surface area contributed by atoms with Gasteiger partial charge in [0.25, 0.3) is 5.56 Å². The number of hydrogen-bond donors (Lipinski definition) is 0. The minimum absolute atomic E-state index is 0.0172. The van der Waals surface area contributed by atoms with Crippen LogP contribution in [0.1, 0.15) is 15.4 Å². The number of carbonyl (C=O) groups is 1. The number of ether oxygens (including phenoxy) is 1.